The lowest BCUT2D eigenvalue weighted by atomic mass is 9.95. The molecule has 0 aromatic carbocycles. The molecule has 1 aliphatic rings. The van der Waals surface area contributed by atoms with E-state index in [0.717, 1.165) is 17.3 Å². The van der Waals surface area contributed by atoms with Gasteiger partial charge in [-0.25, -0.2) is 4.98 Å². The number of nitrogens with two attached hydrogens (primary N) is 1. The number of aromatic nitrogens is 1. The summed E-state index contributed by atoms with van der Waals surface area (Å²) in [5.41, 5.74) is 6.15. The first-order valence-electron chi connectivity index (χ1n) is 5.88. The Morgan fingerprint density at radius 3 is 2.82 bits per heavy atom. The van der Waals surface area contributed by atoms with Crippen LogP contribution in [0.5, 0.6) is 0 Å². The first-order valence-corrected chi connectivity index (χ1v) is 6.68. The number of carbonyl (C=O) groups is 1. The van der Waals surface area contributed by atoms with E-state index in [1.807, 2.05) is 0 Å². The second-order valence-electron chi connectivity index (χ2n) is 4.39. The summed E-state index contributed by atoms with van der Waals surface area (Å²) in [5.74, 6) is 0.157. The van der Waals surface area contributed by atoms with Crippen LogP contribution in [0.15, 0.2) is 16.7 Å². The van der Waals surface area contributed by atoms with Gasteiger partial charge in [-0.2, -0.15) is 0 Å². The van der Waals surface area contributed by atoms with Crippen LogP contribution in [0.25, 0.3) is 0 Å². The number of carbonyl (C=O) groups excluding carboxylic acids is 1. The van der Waals surface area contributed by atoms with Gasteiger partial charge in [0, 0.05) is 16.7 Å². The third-order valence-corrected chi connectivity index (χ3v) is 3.50. The van der Waals surface area contributed by atoms with Crippen molar-refractivity contribution < 1.29 is 4.79 Å². The highest BCUT2D eigenvalue weighted by Crippen LogP contribution is 2.19. The molecule has 1 aromatic heterocycles. The van der Waals surface area contributed by atoms with Gasteiger partial charge in [0.25, 0.3) is 5.91 Å². The predicted octanol–water partition coefficient (Wildman–Crippen LogP) is 2.49. The molecule has 0 saturated heterocycles. The number of hydrogen-bond acceptors (Lipinski definition) is 3. The standard InChI is InChI=1S/C12H16BrN3O/c13-8-6-10(11(14)15-7-8)12(17)16-9-4-2-1-3-5-9/h6-7,9H,1-5H2,(H2,14,15)(H,16,17). The molecule has 0 radical (unpaired) electrons. The van der Waals surface area contributed by atoms with Gasteiger partial charge in [0.2, 0.25) is 0 Å². The number of rotatable bonds is 2. The number of pyridine rings is 1. The van der Waals surface area contributed by atoms with Crippen molar-refractivity contribution in [1.82, 2.24) is 10.3 Å². The summed E-state index contributed by atoms with van der Waals surface area (Å²) in [6.07, 6.45) is 7.37. The fourth-order valence-electron chi connectivity index (χ4n) is 2.14. The van der Waals surface area contributed by atoms with E-state index in [1.54, 1.807) is 12.3 Å². The fourth-order valence-corrected chi connectivity index (χ4v) is 2.47. The van der Waals surface area contributed by atoms with Crippen molar-refractivity contribution in [3.63, 3.8) is 0 Å². The van der Waals surface area contributed by atoms with Gasteiger partial charge in [-0.15, -0.1) is 0 Å². The molecule has 1 amide bonds. The van der Waals surface area contributed by atoms with E-state index in [9.17, 15) is 4.79 Å². The van der Waals surface area contributed by atoms with Crippen molar-refractivity contribution in [2.45, 2.75) is 38.1 Å². The first-order chi connectivity index (χ1) is 8.16. The number of amides is 1. The van der Waals surface area contributed by atoms with Crippen molar-refractivity contribution in [3.8, 4) is 0 Å². The molecule has 0 bridgehead atoms. The highest BCUT2D eigenvalue weighted by Gasteiger charge is 2.18. The molecule has 2 rings (SSSR count). The molecule has 3 N–H and O–H groups in total. The second kappa shape index (κ2) is 5.49. The maximum absolute atomic E-state index is 12.0. The van der Waals surface area contributed by atoms with Crippen molar-refractivity contribution >= 4 is 27.7 Å². The van der Waals surface area contributed by atoms with E-state index in [0.29, 0.717) is 5.56 Å². The minimum Gasteiger partial charge on any atom is -0.383 e. The molecule has 92 valence electrons. The van der Waals surface area contributed by atoms with E-state index in [1.165, 1.54) is 19.3 Å². The number of nitrogens with one attached hydrogen (secondary N) is 1. The number of hydrogen-bond donors (Lipinski definition) is 2. The van der Waals surface area contributed by atoms with E-state index in [4.69, 9.17) is 5.73 Å². The number of halogens is 1. The minimum absolute atomic E-state index is 0.122. The maximum Gasteiger partial charge on any atom is 0.255 e. The van der Waals surface area contributed by atoms with Gasteiger partial charge in [0.1, 0.15) is 5.82 Å². The topological polar surface area (TPSA) is 68.0 Å². The van der Waals surface area contributed by atoms with Gasteiger partial charge in [-0.3, -0.25) is 4.79 Å². The Labute approximate surface area is 109 Å². The van der Waals surface area contributed by atoms with Gasteiger partial charge in [-0.1, -0.05) is 19.3 Å². The van der Waals surface area contributed by atoms with E-state index >= 15 is 0 Å². The Bertz CT molecular complexity index is 416. The van der Waals surface area contributed by atoms with Crippen molar-refractivity contribution in [1.29, 1.82) is 0 Å². The number of nitrogens with zero attached hydrogens (tertiary/aromatic N) is 1. The van der Waals surface area contributed by atoms with Crippen LogP contribution in [0.2, 0.25) is 0 Å². The molecule has 17 heavy (non-hydrogen) atoms. The zero-order chi connectivity index (χ0) is 12.3. The van der Waals surface area contributed by atoms with Crippen LogP contribution < -0.4 is 11.1 Å². The highest BCUT2D eigenvalue weighted by molar-refractivity contribution is 9.10. The minimum atomic E-state index is -0.122. The first kappa shape index (κ1) is 12.4. The van der Waals surface area contributed by atoms with Crippen LogP contribution in [0, 0.1) is 0 Å². The summed E-state index contributed by atoms with van der Waals surface area (Å²) in [5, 5.41) is 3.02. The van der Waals surface area contributed by atoms with E-state index in [2.05, 4.69) is 26.2 Å². The molecular formula is C12H16BrN3O. The molecule has 0 aliphatic heterocycles. The Morgan fingerprint density at radius 1 is 1.41 bits per heavy atom. The molecule has 1 aromatic rings. The zero-order valence-corrected chi connectivity index (χ0v) is 11.2. The van der Waals surface area contributed by atoms with E-state index < -0.39 is 0 Å². The molecule has 0 spiro atoms. The summed E-state index contributed by atoms with van der Waals surface area (Å²) in [6.45, 7) is 0. The molecule has 5 heteroatoms. The van der Waals surface area contributed by atoms with Crippen molar-refractivity contribution in [3.05, 3.63) is 22.3 Å². The van der Waals surface area contributed by atoms with Crippen molar-refractivity contribution in [2.24, 2.45) is 0 Å². The summed E-state index contributed by atoms with van der Waals surface area (Å²) in [6, 6.07) is 2.00. The van der Waals surface area contributed by atoms with Gasteiger partial charge < -0.3 is 11.1 Å². The highest BCUT2D eigenvalue weighted by atomic mass is 79.9. The molecule has 1 saturated carbocycles. The van der Waals surface area contributed by atoms with Crippen LogP contribution in [-0.2, 0) is 0 Å². The summed E-state index contributed by atoms with van der Waals surface area (Å²) < 4.78 is 0.764. The van der Waals surface area contributed by atoms with Crippen molar-refractivity contribution in [2.75, 3.05) is 5.73 Å². The SMILES string of the molecule is Nc1ncc(Br)cc1C(=O)NC1CCCCC1. The zero-order valence-electron chi connectivity index (χ0n) is 9.58. The van der Waals surface area contributed by atoms with Crippen LogP contribution in [0.3, 0.4) is 0 Å². The molecular weight excluding hydrogens is 282 g/mol. The average Bonchev–Trinajstić information content (AvgIpc) is 2.33. The Kier molecular flexibility index (Phi) is 3.99. The van der Waals surface area contributed by atoms with Crippen LogP contribution in [0.1, 0.15) is 42.5 Å². The van der Waals surface area contributed by atoms with Crippen LogP contribution in [0.4, 0.5) is 5.82 Å². The molecule has 1 aliphatic carbocycles. The van der Waals surface area contributed by atoms with Crippen LogP contribution in [-0.4, -0.2) is 16.9 Å². The molecule has 0 unspecified atom stereocenters. The molecule has 1 heterocycles. The largest absolute Gasteiger partial charge is 0.383 e. The molecule has 0 atom stereocenters. The summed E-state index contributed by atoms with van der Waals surface area (Å²) >= 11 is 3.29. The maximum atomic E-state index is 12.0. The summed E-state index contributed by atoms with van der Waals surface area (Å²) in [7, 11) is 0. The normalized spacial score (nSPS) is 16.8. The fraction of sp³-hybridized carbons (Fsp3) is 0.500. The number of nitrogen functional groups attached to an aromatic ring is 1. The second-order valence-corrected chi connectivity index (χ2v) is 5.31. The molecule has 4 nitrogen and oxygen atoms in total. The van der Waals surface area contributed by atoms with Crippen LogP contribution >= 0.6 is 15.9 Å². The third kappa shape index (κ3) is 3.19. The third-order valence-electron chi connectivity index (χ3n) is 3.07. The Balaban J connectivity index is 2.05. The smallest absolute Gasteiger partial charge is 0.255 e. The summed E-state index contributed by atoms with van der Waals surface area (Å²) in [4.78, 5) is 16.0. The predicted molar refractivity (Wildman–Crippen MR) is 70.7 cm³/mol. The van der Waals surface area contributed by atoms with Gasteiger partial charge in [0.15, 0.2) is 0 Å². The van der Waals surface area contributed by atoms with Gasteiger partial charge in [-0.05, 0) is 34.8 Å². The average molecular weight is 298 g/mol. The number of anilines is 1. The van der Waals surface area contributed by atoms with Gasteiger partial charge >= 0.3 is 0 Å². The quantitative estimate of drug-likeness (QED) is 0.881. The Morgan fingerprint density at radius 2 is 2.12 bits per heavy atom. The lowest BCUT2D eigenvalue weighted by molar-refractivity contribution is 0.0928. The van der Waals surface area contributed by atoms with E-state index in [-0.39, 0.29) is 17.8 Å². The lowest BCUT2D eigenvalue weighted by Gasteiger charge is -2.22. The van der Waals surface area contributed by atoms with Gasteiger partial charge in [0.05, 0.1) is 5.56 Å². The molecule has 1 fully saturated rings. The Hall–Kier alpha value is -1.10. The lowest BCUT2D eigenvalue weighted by Crippen LogP contribution is -2.36. The monoisotopic (exact) mass is 297 g/mol.